The Morgan fingerprint density at radius 3 is 2.64 bits per heavy atom. The lowest BCUT2D eigenvalue weighted by atomic mass is 10.1. The first-order valence-electron chi connectivity index (χ1n) is 6.77. The van der Waals surface area contributed by atoms with Crippen LogP contribution in [0.5, 0.6) is 11.5 Å². The predicted molar refractivity (Wildman–Crippen MR) is 85.2 cm³/mol. The molecule has 3 aromatic rings. The van der Waals surface area contributed by atoms with E-state index < -0.39 is 5.60 Å². The summed E-state index contributed by atoms with van der Waals surface area (Å²) in [6.45, 7) is 3.40. The average Bonchev–Trinajstić information content (AvgIpc) is 2.51. The van der Waals surface area contributed by atoms with Crippen molar-refractivity contribution in [2.24, 2.45) is 0 Å². The molecule has 3 rings (SSSR count). The fourth-order valence-electron chi connectivity index (χ4n) is 2.22. The lowest BCUT2D eigenvalue weighted by molar-refractivity contribution is 0.166. The summed E-state index contributed by atoms with van der Waals surface area (Å²) in [5.41, 5.74) is -0.588. The van der Waals surface area contributed by atoms with Crippen LogP contribution >= 0.6 is 0 Å². The first kappa shape index (κ1) is 14.0. The second-order valence-electron chi connectivity index (χ2n) is 5.47. The van der Waals surface area contributed by atoms with Gasteiger partial charge in [-0.25, -0.2) is 0 Å². The van der Waals surface area contributed by atoms with E-state index in [-0.39, 0.29) is 22.5 Å². The van der Waals surface area contributed by atoms with Crippen LogP contribution < -0.4 is 10.2 Å². The Balaban J connectivity index is 2.30. The molecule has 0 saturated carbocycles. The minimum Gasteiger partial charge on any atom is -0.502 e. The summed E-state index contributed by atoms with van der Waals surface area (Å²) in [7, 11) is 0. The van der Waals surface area contributed by atoms with Crippen molar-refractivity contribution in [2.45, 2.75) is 19.4 Å². The Morgan fingerprint density at radius 1 is 1.18 bits per heavy atom. The number of phenolic OH excluding ortho intramolecular Hbond substituents is 1. The largest absolute Gasteiger partial charge is 0.502 e. The van der Waals surface area contributed by atoms with Gasteiger partial charge in [-0.15, -0.1) is 6.42 Å². The van der Waals surface area contributed by atoms with Crippen LogP contribution in [-0.2, 0) is 0 Å². The number of para-hydroxylation sites is 1. The van der Waals surface area contributed by atoms with Gasteiger partial charge in [-0.1, -0.05) is 18.1 Å². The van der Waals surface area contributed by atoms with Crippen LogP contribution in [0.15, 0.2) is 45.6 Å². The zero-order valence-electron chi connectivity index (χ0n) is 12.2. The number of hydrogen-bond donors (Lipinski definition) is 1. The summed E-state index contributed by atoms with van der Waals surface area (Å²) >= 11 is 0. The van der Waals surface area contributed by atoms with E-state index in [2.05, 4.69) is 5.92 Å². The fourth-order valence-corrected chi connectivity index (χ4v) is 2.22. The first-order valence-corrected chi connectivity index (χ1v) is 6.77. The molecule has 1 aromatic heterocycles. The quantitative estimate of drug-likeness (QED) is 0.581. The molecule has 0 radical (unpaired) electrons. The highest BCUT2D eigenvalue weighted by molar-refractivity contribution is 5.93. The number of terminal acetylenes is 1. The van der Waals surface area contributed by atoms with E-state index in [9.17, 15) is 9.90 Å². The molecule has 0 atom stereocenters. The van der Waals surface area contributed by atoms with Crippen molar-refractivity contribution < 1.29 is 14.3 Å². The van der Waals surface area contributed by atoms with Gasteiger partial charge in [0.2, 0.25) is 11.2 Å². The molecule has 0 amide bonds. The highest BCUT2D eigenvalue weighted by atomic mass is 16.5. The Morgan fingerprint density at radius 2 is 1.91 bits per heavy atom. The zero-order chi connectivity index (χ0) is 15.9. The van der Waals surface area contributed by atoms with Gasteiger partial charge < -0.3 is 14.3 Å². The Hall–Kier alpha value is -2.93. The van der Waals surface area contributed by atoms with Crippen LogP contribution in [0.25, 0.3) is 21.9 Å². The summed E-state index contributed by atoms with van der Waals surface area (Å²) in [4.78, 5) is 12.4. The minimum absolute atomic E-state index is 0.0917. The van der Waals surface area contributed by atoms with E-state index in [1.54, 1.807) is 44.2 Å². The average molecular weight is 294 g/mol. The second-order valence-corrected chi connectivity index (χ2v) is 5.47. The van der Waals surface area contributed by atoms with Gasteiger partial charge >= 0.3 is 0 Å². The minimum atomic E-state index is -0.887. The summed E-state index contributed by atoms with van der Waals surface area (Å²) in [5.74, 6) is 2.42. The fraction of sp³-hybridized carbons (Fsp3) is 0.167. The molecule has 4 nitrogen and oxygen atoms in total. The molecule has 0 bridgehead atoms. The van der Waals surface area contributed by atoms with Crippen LogP contribution in [0, 0.1) is 12.3 Å². The van der Waals surface area contributed by atoms with Gasteiger partial charge in [0, 0.05) is 0 Å². The molecule has 0 spiro atoms. The summed E-state index contributed by atoms with van der Waals surface area (Å²) in [5, 5.41) is 11.1. The summed E-state index contributed by atoms with van der Waals surface area (Å²) in [6, 6.07) is 9.96. The molecule has 0 aliphatic rings. The molecular weight excluding hydrogens is 280 g/mol. The van der Waals surface area contributed by atoms with Gasteiger partial charge in [0.1, 0.15) is 5.58 Å². The molecule has 22 heavy (non-hydrogen) atoms. The maximum Gasteiger partial charge on any atom is 0.202 e. The lowest BCUT2D eigenvalue weighted by Crippen LogP contribution is -2.25. The van der Waals surface area contributed by atoms with Crippen molar-refractivity contribution in [1.82, 2.24) is 0 Å². The van der Waals surface area contributed by atoms with Gasteiger partial charge in [0.05, 0.1) is 10.8 Å². The highest BCUT2D eigenvalue weighted by Crippen LogP contribution is 2.36. The molecular formula is C18H14O4. The molecule has 0 fully saturated rings. The van der Waals surface area contributed by atoms with E-state index in [4.69, 9.17) is 15.6 Å². The van der Waals surface area contributed by atoms with E-state index in [1.165, 1.54) is 6.07 Å². The van der Waals surface area contributed by atoms with Crippen molar-refractivity contribution in [3.8, 4) is 23.8 Å². The normalized spacial score (nSPS) is 11.5. The Bertz CT molecular complexity index is 974. The number of hydrogen-bond acceptors (Lipinski definition) is 4. The van der Waals surface area contributed by atoms with Crippen molar-refractivity contribution in [3.63, 3.8) is 0 Å². The summed E-state index contributed by atoms with van der Waals surface area (Å²) < 4.78 is 11.3. The molecule has 0 aliphatic heterocycles. The Kier molecular flexibility index (Phi) is 3.07. The van der Waals surface area contributed by atoms with Crippen LogP contribution in [0.4, 0.5) is 0 Å². The van der Waals surface area contributed by atoms with Crippen molar-refractivity contribution in [3.05, 3.63) is 46.6 Å². The Labute approximate surface area is 126 Å². The zero-order valence-corrected chi connectivity index (χ0v) is 12.2. The number of benzene rings is 2. The molecule has 2 aromatic carbocycles. The number of phenols is 1. The van der Waals surface area contributed by atoms with E-state index in [1.807, 2.05) is 0 Å². The number of aromatic hydroxyl groups is 1. The molecule has 4 heteroatoms. The SMILES string of the molecule is C#CC(C)(C)Oc1ccc2c(=O)c3ccccc3oc2c1O. The van der Waals surface area contributed by atoms with E-state index in [0.717, 1.165) is 0 Å². The molecule has 0 unspecified atom stereocenters. The molecule has 1 N–H and O–H groups in total. The van der Waals surface area contributed by atoms with Crippen LogP contribution in [0.2, 0.25) is 0 Å². The topological polar surface area (TPSA) is 59.7 Å². The van der Waals surface area contributed by atoms with Gasteiger partial charge in [-0.2, -0.15) is 0 Å². The van der Waals surface area contributed by atoms with Crippen LogP contribution in [-0.4, -0.2) is 10.7 Å². The first-order chi connectivity index (χ1) is 10.4. The number of fused-ring (bicyclic) bond motifs is 2. The smallest absolute Gasteiger partial charge is 0.202 e. The van der Waals surface area contributed by atoms with Gasteiger partial charge in [-0.3, -0.25) is 4.79 Å². The van der Waals surface area contributed by atoms with Crippen LogP contribution in [0.1, 0.15) is 13.8 Å². The molecule has 110 valence electrons. The van der Waals surface area contributed by atoms with Gasteiger partial charge in [0.25, 0.3) is 0 Å². The number of rotatable bonds is 2. The second kappa shape index (κ2) is 4.81. The third-order valence-electron chi connectivity index (χ3n) is 3.40. The third kappa shape index (κ3) is 2.17. The van der Waals surface area contributed by atoms with E-state index >= 15 is 0 Å². The maximum atomic E-state index is 12.4. The standard InChI is InChI=1S/C18H14O4/c1-4-18(2,3)22-14-10-9-12-15(19)11-7-5-6-8-13(11)21-17(12)16(14)20/h1,5-10,20H,2-3H3. The lowest BCUT2D eigenvalue weighted by Gasteiger charge is -2.21. The number of ether oxygens (including phenoxy) is 1. The van der Waals surface area contributed by atoms with Gasteiger partial charge in [-0.05, 0) is 38.1 Å². The monoisotopic (exact) mass is 294 g/mol. The predicted octanol–water partition coefficient (Wildman–Crippen LogP) is 3.44. The summed E-state index contributed by atoms with van der Waals surface area (Å²) in [6.07, 6.45) is 5.39. The van der Waals surface area contributed by atoms with Crippen LogP contribution in [0.3, 0.4) is 0 Å². The van der Waals surface area contributed by atoms with E-state index in [0.29, 0.717) is 16.4 Å². The third-order valence-corrected chi connectivity index (χ3v) is 3.40. The van der Waals surface area contributed by atoms with Gasteiger partial charge in [0.15, 0.2) is 16.9 Å². The molecule has 0 saturated heterocycles. The maximum absolute atomic E-state index is 12.4. The highest BCUT2D eigenvalue weighted by Gasteiger charge is 2.21. The van der Waals surface area contributed by atoms with Crippen molar-refractivity contribution in [2.75, 3.05) is 0 Å². The molecule has 1 heterocycles. The van der Waals surface area contributed by atoms with Crippen molar-refractivity contribution >= 4 is 21.9 Å². The molecule has 0 aliphatic carbocycles. The van der Waals surface area contributed by atoms with Crippen molar-refractivity contribution in [1.29, 1.82) is 0 Å².